The highest BCUT2D eigenvalue weighted by atomic mass is 32.2. The van der Waals surface area contributed by atoms with Gasteiger partial charge in [0, 0.05) is 25.5 Å². The molecule has 19 heavy (non-hydrogen) atoms. The number of rotatable bonds is 2. The number of hydrogen-bond donors (Lipinski definition) is 1. The van der Waals surface area contributed by atoms with Crippen LogP contribution >= 0.6 is 11.8 Å². The lowest BCUT2D eigenvalue weighted by molar-refractivity contribution is 0.0555. The third-order valence-electron chi connectivity index (χ3n) is 4.53. The Labute approximate surface area is 120 Å². The molecule has 0 amide bonds. The fourth-order valence-electron chi connectivity index (χ4n) is 3.20. The van der Waals surface area contributed by atoms with Crippen molar-refractivity contribution in [3.05, 3.63) is 0 Å². The van der Waals surface area contributed by atoms with E-state index in [-0.39, 0.29) is 5.54 Å². The van der Waals surface area contributed by atoms with Crippen LogP contribution in [0.3, 0.4) is 0 Å². The van der Waals surface area contributed by atoms with Gasteiger partial charge in [-0.1, -0.05) is 18.7 Å². The van der Waals surface area contributed by atoms with Gasteiger partial charge in [0.05, 0.1) is 11.6 Å². The van der Waals surface area contributed by atoms with Gasteiger partial charge < -0.3 is 15.0 Å². The first kappa shape index (κ1) is 13.7. The van der Waals surface area contributed by atoms with E-state index in [0.717, 1.165) is 39.1 Å². The smallest absolute Gasteiger partial charge is 0.157 e. The summed E-state index contributed by atoms with van der Waals surface area (Å²) in [6.45, 7) is 7.58. The number of thioether (sulfide) groups is 1. The number of nitrogens with zero attached hydrogens (tertiary/aromatic N) is 2. The summed E-state index contributed by atoms with van der Waals surface area (Å²) in [4.78, 5) is 7.48. The molecule has 1 atom stereocenters. The minimum absolute atomic E-state index is 0.279. The Morgan fingerprint density at radius 3 is 3.11 bits per heavy atom. The molecule has 3 aliphatic heterocycles. The van der Waals surface area contributed by atoms with E-state index in [2.05, 4.69) is 17.1 Å². The van der Waals surface area contributed by atoms with Crippen LogP contribution in [0.1, 0.15) is 32.6 Å². The Kier molecular flexibility index (Phi) is 4.34. The number of likely N-dealkylation sites (N-methyl/N-ethyl adjacent to an activating group) is 1. The molecular formula is C14H25N3OS. The maximum Gasteiger partial charge on any atom is 0.157 e. The summed E-state index contributed by atoms with van der Waals surface area (Å²) < 4.78 is 5.47. The average molecular weight is 283 g/mol. The number of nitrogens with one attached hydrogen (secondary N) is 1. The number of likely N-dealkylation sites (tertiary alicyclic amines) is 1. The second-order valence-corrected chi connectivity index (χ2v) is 6.89. The molecule has 0 aromatic carbocycles. The van der Waals surface area contributed by atoms with E-state index < -0.39 is 0 Å². The Bertz CT molecular complexity index is 342. The van der Waals surface area contributed by atoms with E-state index in [0.29, 0.717) is 6.04 Å². The third kappa shape index (κ3) is 3.26. The first-order valence-electron chi connectivity index (χ1n) is 7.58. The number of hydrogen-bond acceptors (Lipinski definition) is 4. The molecule has 0 aromatic rings. The van der Waals surface area contributed by atoms with Gasteiger partial charge in [-0.3, -0.25) is 4.99 Å². The normalized spacial score (nSPS) is 33.7. The maximum absolute atomic E-state index is 5.47. The summed E-state index contributed by atoms with van der Waals surface area (Å²) in [6, 6.07) is 0.499. The van der Waals surface area contributed by atoms with Crippen molar-refractivity contribution in [3.8, 4) is 0 Å². The zero-order valence-electron chi connectivity index (χ0n) is 11.9. The molecule has 1 unspecified atom stereocenters. The van der Waals surface area contributed by atoms with Crippen molar-refractivity contribution < 1.29 is 4.74 Å². The van der Waals surface area contributed by atoms with Crippen LogP contribution in [0.2, 0.25) is 0 Å². The van der Waals surface area contributed by atoms with Gasteiger partial charge in [0.25, 0.3) is 0 Å². The summed E-state index contributed by atoms with van der Waals surface area (Å²) in [5.41, 5.74) is 0.279. The quantitative estimate of drug-likeness (QED) is 0.837. The molecule has 3 rings (SSSR count). The molecule has 4 nitrogen and oxygen atoms in total. The number of ether oxygens (including phenoxy) is 1. The number of piperidine rings is 1. The highest BCUT2D eigenvalue weighted by Gasteiger charge is 2.39. The van der Waals surface area contributed by atoms with Gasteiger partial charge in [0.15, 0.2) is 5.17 Å². The standard InChI is InChI=1S/C14H25N3OS/c1-2-17-7-3-4-12(10-17)15-13-16-14(11-19-13)5-8-18-9-6-14/h12H,2-11H2,1H3,(H,15,16). The lowest BCUT2D eigenvalue weighted by Crippen LogP contribution is -2.48. The zero-order valence-corrected chi connectivity index (χ0v) is 12.7. The predicted octanol–water partition coefficient (Wildman–Crippen LogP) is 1.71. The molecule has 3 heterocycles. The van der Waals surface area contributed by atoms with Gasteiger partial charge >= 0.3 is 0 Å². The van der Waals surface area contributed by atoms with Crippen molar-refractivity contribution in [3.63, 3.8) is 0 Å². The van der Waals surface area contributed by atoms with Crippen molar-refractivity contribution >= 4 is 16.9 Å². The lowest BCUT2D eigenvalue weighted by Gasteiger charge is -2.33. The van der Waals surface area contributed by atoms with Gasteiger partial charge in [-0.25, -0.2) is 0 Å². The van der Waals surface area contributed by atoms with Crippen LogP contribution in [0.5, 0.6) is 0 Å². The van der Waals surface area contributed by atoms with E-state index in [9.17, 15) is 0 Å². The fraction of sp³-hybridized carbons (Fsp3) is 0.929. The van der Waals surface area contributed by atoms with Crippen molar-refractivity contribution in [1.29, 1.82) is 0 Å². The SMILES string of the molecule is CCN1CCCC(N=C2NC3(CCOCC3)CS2)C1. The number of amidine groups is 1. The van der Waals surface area contributed by atoms with Crippen molar-refractivity contribution in [2.75, 3.05) is 38.6 Å². The fourth-order valence-corrected chi connectivity index (χ4v) is 4.48. The summed E-state index contributed by atoms with van der Waals surface area (Å²) in [6.07, 6.45) is 4.80. The molecular weight excluding hydrogens is 258 g/mol. The highest BCUT2D eigenvalue weighted by Crippen LogP contribution is 2.32. The summed E-state index contributed by atoms with van der Waals surface area (Å²) in [7, 11) is 0. The minimum Gasteiger partial charge on any atom is -0.381 e. The Hall–Kier alpha value is -0.260. The predicted molar refractivity (Wildman–Crippen MR) is 80.9 cm³/mol. The van der Waals surface area contributed by atoms with E-state index in [1.807, 2.05) is 11.8 Å². The number of aliphatic imine (C=N–C) groups is 1. The monoisotopic (exact) mass is 283 g/mol. The topological polar surface area (TPSA) is 36.9 Å². The van der Waals surface area contributed by atoms with Gasteiger partial charge in [0.2, 0.25) is 0 Å². The molecule has 1 spiro atoms. The molecule has 3 saturated heterocycles. The molecule has 0 aliphatic carbocycles. The second-order valence-electron chi connectivity index (χ2n) is 5.93. The Morgan fingerprint density at radius 1 is 1.47 bits per heavy atom. The average Bonchev–Trinajstić information content (AvgIpc) is 2.82. The van der Waals surface area contributed by atoms with Gasteiger partial charge in [-0.2, -0.15) is 0 Å². The zero-order chi connectivity index (χ0) is 13.1. The second kappa shape index (κ2) is 6.02. The molecule has 5 heteroatoms. The van der Waals surface area contributed by atoms with Gasteiger partial charge in [-0.05, 0) is 38.8 Å². The molecule has 0 radical (unpaired) electrons. The van der Waals surface area contributed by atoms with E-state index in [1.165, 1.54) is 30.3 Å². The Balaban J connectivity index is 1.59. The first-order valence-corrected chi connectivity index (χ1v) is 8.57. The van der Waals surface area contributed by atoms with E-state index in [1.54, 1.807) is 0 Å². The van der Waals surface area contributed by atoms with Crippen LogP contribution < -0.4 is 5.32 Å². The van der Waals surface area contributed by atoms with Gasteiger partial charge in [0.1, 0.15) is 0 Å². The first-order chi connectivity index (χ1) is 9.30. The van der Waals surface area contributed by atoms with Crippen molar-refractivity contribution in [2.45, 2.75) is 44.2 Å². The highest BCUT2D eigenvalue weighted by molar-refractivity contribution is 8.14. The van der Waals surface area contributed by atoms with Crippen molar-refractivity contribution in [1.82, 2.24) is 10.2 Å². The Morgan fingerprint density at radius 2 is 2.32 bits per heavy atom. The van der Waals surface area contributed by atoms with Crippen LogP contribution in [-0.4, -0.2) is 60.2 Å². The van der Waals surface area contributed by atoms with Crippen LogP contribution in [0.4, 0.5) is 0 Å². The summed E-state index contributed by atoms with van der Waals surface area (Å²) in [5.74, 6) is 1.17. The van der Waals surface area contributed by atoms with Crippen LogP contribution in [0, 0.1) is 0 Å². The summed E-state index contributed by atoms with van der Waals surface area (Å²) in [5, 5.41) is 4.89. The largest absolute Gasteiger partial charge is 0.381 e. The molecule has 0 bridgehead atoms. The van der Waals surface area contributed by atoms with E-state index in [4.69, 9.17) is 9.73 Å². The maximum atomic E-state index is 5.47. The molecule has 3 aliphatic rings. The minimum atomic E-state index is 0.279. The lowest BCUT2D eigenvalue weighted by atomic mass is 9.93. The van der Waals surface area contributed by atoms with Crippen LogP contribution in [0.15, 0.2) is 4.99 Å². The third-order valence-corrected chi connectivity index (χ3v) is 5.71. The van der Waals surface area contributed by atoms with Crippen LogP contribution in [-0.2, 0) is 4.74 Å². The van der Waals surface area contributed by atoms with Crippen molar-refractivity contribution in [2.24, 2.45) is 4.99 Å². The molecule has 108 valence electrons. The molecule has 1 N–H and O–H groups in total. The van der Waals surface area contributed by atoms with Gasteiger partial charge in [-0.15, -0.1) is 0 Å². The van der Waals surface area contributed by atoms with Crippen LogP contribution in [0.25, 0.3) is 0 Å². The molecule has 3 fully saturated rings. The molecule has 0 saturated carbocycles. The summed E-state index contributed by atoms with van der Waals surface area (Å²) >= 11 is 1.92. The van der Waals surface area contributed by atoms with E-state index >= 15 is 0 Å². The molecule has 0 aromatic heterocycles.